The standard InChI is InChI=1S/C19H23NO4/c1-23-17-9-13-7-6-12(8-14(13)10-18(17)24-2)11-20-16-5-3-4-15(16)19(21)22/h6-10,15-16,20H,3-5,11H2,1-2H3,(H,21,22)/t15-,16-/m1/s1. The summed E-state index contributed by atoms with van der Waals surface area (Å²) in [6.45, 7) is 0.665. The molecule has 0 bridgehead atoms. The maximum absolute atomic E-state index is 11.3. The Balaban J connectivity index is 1.77. The van der Waals surface area contributed by atoms with Crippen molar-refractivity contribution in [3.8, 4) is 11.5 Å². The maximum Gasteiger partial charge on any atom is 0.308 e. The molecule has 0 aromatic heterocycles. The molecule has 0 unspecified atom stereocenters. The monoisotopic (exact) mass is 329 g/mol. The number of carboxylic acid groups (broad SMARTS) is 1. The van der Waals surface area contributed by atoms with E-state index in [2.05, 4.69) is 23.5 Å². The molecule has 2 aromatic carbocycles. The third kappa shape index (κ3) is 3.31. The van der Waals surface area contributed by atoms with Crippen molar-refractivity contribution in [3.63, 3.8) is 0 Å². The molecular weight excluding hydrogens is 306 g/mol. The van der Waals surface area contributed by atoms with Gasteiger partial charge in [-0.15, -0.1) is 0 Å². The largest absolute Gasteiger partial charge is 0.493 e. The number of rotatable bonds is 6. The van der Waals surface area contributed by atoms with Crippen molar-refractivity contribution in [2.24, 2.45) is 5.92 Å². The third-order valence-electron chi connectivity index (χ3n) is 4.81. The van der Waals surface area contributed by atoms with Crippen molar-refractivity contribution in [3.05, 3.63) is 35.9 Å². The van der Waals surface area contributed by atoms with Crippen molar-refractivity contribution >= 4 is 16.7 Å². The summed E-state index contributed by atoms with van der Waals surface area (Å²) in [5.74, 6) is 0.457. The smallest absolute Gasteiger partial charge is 0.308 e. The quantitative estimate of drug-likeness (QED) is 0.852. The van der Waals surface area contributed by atoms with Crippen LogP contribution in [0.3, 0.4) is 0 Å². The predicted octanol–water partition coefficient (Wildman–Crippen LogP) is 3.20. The van der Waals surface area contributed by atoms with Gasteiger partial charge in [0.15, 0.2) is 11.5 Å². The van der Waals surface area contributed by atoms with E-state index in [1.165, 1.54) is 0 Å². The number of hydrogen-bond acceptors (Lipinski definition) is 4. The van der Waals surface area contributed by atoms with Crippen LogP contribution < -0.4 is 14.8 Å². The Morgan fingerprint density at radius 3 is 2.50 bits per heavy atom. The summed E-state index contributed by atoms with van der Waals surface area (Å²) in [4.78, 5) is 11.3. The molecular formula is C19H23NO4. The number of carbonyl (C=O) groups is 1. The second-order valence-electron chi connectivity index (χ2n) is 6.25. The number of benzene rings is 2. The number of aliphatic carboxylic acids is 1. The first-order valence-corrected chi connectivity index (χ1v) is 8.23. The van der Waals surface area contributed by atoms with Crippen LogP contribution in [0.2, 0.25) is 0 Å². The molecule has 0 saturated heterocycles. The van der Waals surface area contributed by atoms with Crippen molar-refractivity contribution < 1.29 is 19.4 Å². The average Bonchev–Trinajstić information content (AvgIpc) is 3.07. The Labute approximate surface area is 141 Å². The molecule has 24 heavy (non-hydrogen) atoms. The zero-order chi connectivity index (χ0) is 17.1. The lowest BCUT2D eigenvalue weighted by molar-refractivity contribution is -0.142. The third-order valence-corrected chi connectivity index (χ3v) is 4.81. The Morgan fingerprint density at radius 2 is 1.83 bits per heavy atom. The highest BCUT2D eigenvalue weighted by atomic mass is 16.5. The van der Waals surface area contributed by atoms with Gasteiger partial charge >= 0.3 is 5.97 Å². The first-order valence-electron chi connectivity index (χ1n) is 8.23. The topological polar surface area (TPSA) is 67.8 Å². The molecule has 2 N–H and O–H groups in total. The lowest BCUT2D eigenvalue weighted by Gasteiger charge is -2.18. The van der Waals surface area contributed by atoms with Crippen molar-refractivity contribution in [1.29, 1.82) is 0 Å². The Morgan fingerprint density at radius 1 is 1.12 bits per heavy atom. The van der Waals surface area contributed by atoms with Crippen molar-refractivity contribution in [2.75, 3.05) is 14.2 Å². The van der Waals surface area contributed by atoms with Gasteiger partial charge in [0.2, 0.25) is 0 Å². The van der Waals surface area contributed by atoms with Crippen LogP contribution in [0.15, 0.2) is 30.3 Å². The molecule has 0 spiro atoms. The fraction of sp³-hybridized carbons (Fsp3) is 0.421. The summed E-state index contributed by atoms with van der Waals surface area (Å²) >= 11 is 0. The lowest BCUT2D eigenvalue weighted by atomic mass is 10.0. The van der Waals surface area contributed by atoms with E-state index in [-0.39, 0.29) is 12.0 Å². The van der Waals surface area contributed by atoms with E-state index in [1.807, 2.05) is 12.1 Å². The second-order valence-corrected chi connectivity index (χ2v) is 6.25. The van der Waals surface area contributed by atoms with Crippen LogP contribution in [-0.4, -0.2) is 31.3 Å². The van der Waals surface area contributed by atoms with Crippen molar-refractivity contribution in [1.82, 2.24) is 5.32 Å². The Hall–Kier alpha value is -2.27. The minimum atomic E-state index is -0.694. The second kappa shape index (κ2) is 7.09. The van der Waals surface area contributed by atoms with Crippen LogP contribution in [0.25, 0.3) is 10.8 Å². The summed E-state index contributed by atoms with van der Waals surface area (Å²) in [7, 11) is 3.25. The van der Waals surface area contributed by atoms with Crippen LogP contribution in [0.4, 0.5) is 0 Å². The Kier molecular flexibility index (Phi) is 4.90. The molecule has 0 radical (unpaired) electrons. The first kappa shape index (κ1) is 16.6. The molecule has 0 aliphatic heterocycles. The van der Waals surface area contributed by atoms with Gasteiger partial charge < -0.3 is 19.9 Å². The van der Waals surface area contributed by atoms with Crippen LogP contribution in [0, 0.1) is 5.92 Å². The predicted molar refractivity (Wildman–Crippen MR) is 92.7 cm³/mol. The number of carboxylic acids is 1. The fourth-order valence-corrected chi connectivity index (χ4v) is 3.48. The molecule has 5 heteroatoms. The molecule has 0 heterocycles. The maximum atomic E-state index is 11.3. The minimum absolute atomic E-state index is 0.0589. The molecule has 1 aliphatic carbocycles. The van der Waals surface area contributed by atoms with Crippen LogP contribution >= 0.6 is 0 Å². The zero-order valence-electron chi connectivity index (χ0n) is 14.0. The summed E-state index contributed by atoms with van der Waals surface area (Å²) < 4.78 is 10.7. The molecule has 1 fully saturated rings. The van der Waals surface area contributed by atoms with E-state index >= 15 is 0 Å². The van der Waals surface area contributed by atoms with Crippen LogP contribution in [-0.2, 0) is 11.3 Å². The van der Waals surface area contributed by atoms with Gasteiger partial charge in [0.05, 0.1) is 20.1 Å². The minimum Gasteiger partial charge on any atom is -0.493 e. The Bertz CT molecular complexity index is 743. The number of hydrogen-bond donors (Lipinski definition) is 2. The van der Waals surface area contributed by atoms with E-state index in [0.717, 1.165) is 35.6 Å². The van der Waals surface area contributed by atoms with E-state index in [9.17, 15) is 9.90 Å². The highest BCUT2D eigenvalue weighted by molar-refractivity contribution is 5.86. The normalized spacial score (nSPS) is 20.2. The van der Waals surface area contributed by atoms with Gasteiger partial charge in [0.25, 0.3) is 0 Å². The highest BCUT2D eigenvalue weighted by Gasteiger charge is 2.32. The van der Waals surface area contributed by atoms with Gasteiger partial charge in [-0.05, 0) is 47.4 Å². The molecule has 3 rings (SSSR count). The van der Waals surface area contributed by atoms with Gasteiger partial charge in [-0.25, -0.2) is 0 Å². The molecule has 0 amide bonds. The average molecular weight is 329 g/mol. The van der Waals surface area contributed by atoms with Gasteiger partial charge in [-0.3, -0.25) is 4.79 Å². The molecule has 1 saturated carbocycles. The molecule has 128 valence electrons. The summed E-state index contributed by atoms with van der Waals surface area (Å²) in [5, 5.41) is 14.8. The number of nitrogens with one attached hydrogen (secondary N) is 1. The van der Waals surface area contributed by atoms with Gasteiger partial charge in [0.1, 0.15) is 0 Å². The summed E-state index contributed by atoms with van der Waals surface area (Å²) in [5.41, 5.74) is 1.13. The molecule has 2 aromatic rings. The molecule has 2 atom stereocenters. The fourth-order valence-electron chi connectivity index (χ4n) is 3.48. The number of ether oxygens (including phenoxy) is 2. The summed E-state index contributed by atoms with van der Waals surface area (Å²) in [6, 6.07) is 10.2. The van der Waals surface area contributed by atoms with Crippen LogP contribution in [0.1, 0.15) is 24.8 Å². The summed E-state index contributed by atoms with van der Waals surface area (Å²) in [6.07, 6.45) is 2.67. The highest BCUT2D eigenvalue weighted by Crippen LogP contribution is 2.32. The van der Waals surface area contributed by atoms with E-state index in [1.54, 1.807) is 14.2 Å². The van der Waals surface area contributed by atoms with E-state index in [4.69, 9.17) is 9.47 Å². The van der Waals surface area contributed by atoms with Gasteiger partial charge in [-0.2, -0.15) is 0 Å². The molecule has 5 nitrogen and oxygen atoms in total. The lowest BCUT2D eigenvalue weighted by Crippen LogP contribution is -2.35. The van der Waals surface area contributed by atoms with Gasteiger partial charge in [0, 0.05) is 12.6 Å². The SMILES string of the molecule is COc1cc2ccc(CN[C@@H]3CCC[C@H]3C(=O)O)cc2cc1OC. The van der Waals surface area contributed by atoms with Crippen LogP contribution in [0.5, 0.6) is 11.5 Å². The van der Waals surface area contributed by atoms with Gasteiger partial charge in [-0.1, -0.05) is 18.6 Å². The van der Waals surface area contributed by atoms with Crippen molar-refractivity contribution in [2.45, 2.75) is 31.8 Å². The van der Waals surface area contributed by atoms with E-state index < -0.39 is 5.97 Å². The van der Waals surface area contributed by atoms with E-state index in [0.29, 0.717) is 18.0 Å². The number of fused-ring (bicyclic) bond motifs is 1. The number of methoxy groups -OCH3 is 2. The molecule has 1 aliphatic rings. The first-order chi connectivity index (χ1) is 11.6. The zero-order valence-corrected chi connectivity index (χ0v) is 14.0.